The number of aryl methyl sites for hydroxylation is 1. The number of aromatic nitrogens is 2. The lowest BCUT2D eigenvalue weighted by Gasteiger charge is -2.14. The van der Waals surface area contributed by atoms with Gasteiger partial charge in [0.15, 0.2) is 0 Å². The number of ether oxygens (including phenoxy) is 2. The number of amides is 1. The van der Waals surface area contributed by atoms with Crippen molar-refractivity contribution in [1.29, 1.82) is 0 Å². The summed E-state index contributed by atoms with van der Waals surface area (Å²) in [5, 5.41) is 15.9. The minimum Gasteiger partial charge on any atom is -0.491 e. The molecule has 8 heteroatoms. The minimum absolute atomic E-state index is 0.183. The maximum Gasteiger partial charge on any atom is 0.411 e. The average Bonchev–Trinajstić information content (AvgIpc) is 3.16. The molecule has 1 aromatic heterocycles. The molecule has 2 aromatic carbocycles. The number of fused-ring (bicyclic) bond motifs is 1. The van der Waals surface area contributed by atoms with Crippen LogP contribution >= 0.6 is 0 Å². The fourth-order valence-corrected chi connectivity index (χ4v) is 2.89. The molecule has 8 nitrogen and oxygen atoms in total. The predicted octanol–water partition coefficient (Wildman–Crippen LogP) is 2.63. The fraction of sp³-hybridized carbons (Fsp3) is 0.333. The number of methoxy groups -OCH3 is 1. The summed E-state index contributed by atoms with van der Waals surface area (Å²) < 4.78 is 12.2. The SMILES string of the molecule is COC(=O)Nc1ccc(OCC(O)CNCCCn2cnc3ccccc32)cc1. The number of imidazole rings is 1. The number of aliphatic hydroxyl groups is 1. The van der Waals surface area contributed by atoms with Crippen molar-refractivity contribution in [1.82, 2.24) is 14.9 Å². The van der Waals surface area contributed by atoms with Crippen LogP contribution in [0.25, 0.3) is 11.0 Å². The Labute approximate surface area is 169 Å². The number of hydrogen-bond donors (Lipinski definition) is 3. The highest BCUT2D eigenvalue weighted by Gasteiger charge is 2.06. The second-order valence-corrected chi connectivity index (χ2v) is 6.59. The molecule has 3 N–H and O–H groups in total. The Balaban J connectivity index is 1.31. The average molecular weight is 398 g/mol. The summed E-state index contributed by atoms with van der Waals surface area (Å²) in [6.07, 6.45) is 1.65. The van der Waals surface area contributed by atoms with Gasteiger partial charge in [0.05, 0.1) is 24.5 Å². The highest BCUT2D eigenvalue weighted by molar-refractivity contribution is 5.84. The van der Waals surface area contributed by atoms with Gasteiger partial charge in [0.1, 0.15) is 18.5 Å². The number of carbonyl (C=O) groups excluding carboxylic acids is 1. The predicted molar refractivity (Wildman–Crippen MR) is 111 cm³/mol. The van der Waals surface area contributed by atoms with Crippen LogP contribution in [0.4, 0.5) is 10.5 Å². The molecule has 0 bridgehead atoms. The Bertz CT molecular complexity index is 910. The standard InChI is InChI=1S/C21H26N4O4/c1-28-21(27)24-16-7-9-18(10-8-16)29-14-17(26)13-22-11-4-12-25-15-23-19-5-2-3-6-20(19)25/h2-3,5-10,15,17,22,26H,4,11-14H2,1H3,(H,24,27). The molecule has 3 rings (SSSR count). The Morgan fingerprint density at radius 1 is 1.21 bits per heavy atom. The van der Waals surface area contributed by atoms with E-state index in [-0.39, 0.29) is 6.61 Å². The summed E-state index contributed by atoms with van der Waals surface area (Å²) in [7, 11) is 1.31. The van der Waals surface area contributed by atoms with Crippen molar-refractivity contribution < 1.29 is 19.4 Å². The van der Waals surface area contributed by atoms with Gasteiger partial charge < -0.3 is 24.5 Å². The first-order chi connectivity index (χ1) is 14.2. The summed E-state index contributed by atoms with van der Waals surface area (Å²) in [6.45, 7) is 2.29. The number of carbonyl (C=O) groups is 1. The molecule has 0 aliphatic heterocycles. The second kappa shape index (κ2) is 10.4. The highest BCUT2D eigenvalue weighted by atomic mass is 16.5. The molecular weight excluding hydrogens is 372 g/mol. The molecule has 0 aliphatic carbocycles. The van der Waals surface area contributed by atoms with E-state index >= 15 is 0 Å². The lowest BCUT2D eigenvalue weighted by Crippen LogP contribution is -2.32. The van der Waals surface area contributed by atoms with E-state index in [9.17, 15) is 9.90 Å². The number of hydrogen-bond acceptors (Lipinski definition) is 6. The van der Waals surface area contributed by atoms with Crippen molar-refractivity contribution >= 4 is 22.8 Å². The fourth-order valence-electron chi connectivity index (χ4n) is 2.89. The molecular formula is C21H26N4O4. The lowest BCUT2D eigenvalue weighted by molar-refractivity contribution is 0.106. The smallest absolute Gasteiger partial charge is 0.411 e. The summed E-state index contributed by atoms with van der Waals surface area (Å²) in [5.74, 6) is 0.617. The number of rotatable bonds is 10. The van der Waals surface area contributed by atoms with E-state index < -0.39 is 12.2 Å². The largest absolute Gasteiger partial charge is 0.491 e. The van der Waals surface area contributed by atoms with Gasteiger partial charge in [0.2, 0.25) is 0 Å². The van der Waals surface area contributed by atoms with Gasteiger partial charge in [0, 0.05) is 18.8 Å². The van der Waals surface area contributed by atoms with Crippen LogP contribution in [-0.2, 0) is 11.3 Å². The third-order valence-electron chi connectivity index (χ3n) is 4.39. The molecule has 0 fully saturated rings. The summed E-state index contributed by atoms with van der Waals surface area (Å²) in [4.78, 5) is 15.5. The topological polar surface area (TPSA) is 97.6 Å². The first kappa shape index (κ1) is 20.6. The maximum atomic E-state index is 11.1. The number of nitrogens with one attached hydrogen (secondary N) is 2. The van der Waals surface area contributed by atoms with Crippen molar-refractivity contribution in [3.05, 3.63) is 54.9 Å². The van der Waals surface area contributed by atoms with Crippen LogP contribution in [0.1, 0.15) is 6.42 Å². The van der Waals surface area contributed by atoms with Crippen LogP contribution in [0.2, 0.25) is 0 Å². The van der Waals surface area contributed by atoms with Gasteiger partial charge in [-0.1, -0.05) is 12.1 Å². The maximum absolute atomic E-state index is 11.1. The zero-order valence-electron chi connectivity index (χ0n) is 16.4. The van der Waals surface area contributed by atoms with Gasteiger partial charge in [-0.2, -0.15) is 0 Å². The summed E-state index contributed by atoms with van der Waals surface area (Å²) >= 11 is 0. The van der Waals surface area contributed by atoms with Gasteiger partial charge in [-0.3, -0.25) is 5.32 Å². The highest BCUT2D eigenvalue weighted by Crippen LogP contribution is 2.16. The molecule has 0 saturated heterocycles. The van der Waals surface area contributed by atoms with Crippen molar-refractivity contribution in [2.24, 2.45) is 0 Å². The van der Waals surface area contributed by atoms with Crippen LogP contribution in [0.3, 0.4) is 0 Å². The molecule has 1 amide bonds. The van der Waals surface area contributed by atoms with Crippen LogP contribution in [-0.4, -0.2) is 53.7 Å². The van der Waals surface area contributed by atoms with E-state index in [1.165, 1.54) is 7.11 Å². The van der Waals surface area contributed by atoms with Gasteiger partial charge in [-0.25, -0.2) is 9.78 Å². The molecule has 154 valence electrons. The third kappa shape index (κ3) is 6.20. The second-order valence-electron chi connectivity index (χ2n) is 6.59. The van der Waals surface area contributed by atoms with Crippen molar-refractivity contribution in [3.8, 4) is 5.75 Å². The Kier molecular flexibility index (Phi) is 7.43. The zero-order valence-corrected chi connectivity index (χ0v) is 16.4. The van der Waals surface area contributed by atoms with Crippen LogP contribution in [0, 0.1) is 0 Å². The third-order valence-corrected chi connectivity index (χ3v) is 4.39. The number of nitrogens with zero attached hydrogens (tertiary/aromatic N) is 2. The zero-order chi connectivity index (χ0) is 20.5. The van der Waals surface area contributed by atoms with Gasteiger partial charge in [-0.15, -0.1) is 0 Å². The molecule has 1 heterocycles. The van der Waals surface area contributed by atoms with Crippen LogP contribution in [0.5, 0.6) is 5.75 Å². The van der Waals surface area contributed by atoms with Gasteiger partial charge >= 0.3 is 6.09 Å². The first-order valence-electron chi connectivity index (χ1n) is 9.52. The van der Waals surface area contributed by atoms with E-state index in [2.05, 4.69) is 31.0 Å². The van der Waals surface area contributed by atoms with E-state index in [0.29, 0.717) is 18.0 Å². The first-order valence-corrected chi connectivity index (χ1v) is 9.52. The molecule has 29 heavy (non-hydrogen) atoms. The van der Waals surface area contributed by atoms with Crippen LogP contribution < -0.4 is 15.4 Å². The van der Waals surface area contributed by atoms with Crippen molar-refractivity contribution in [3.63, 3.8) is 0 Å². The Morgan fingerprint density at radius 3 is 2.79 bits per heavy atom. The number of para-hydroxylation sites is 2. The van der Waals surface area contributed by atoms with Gasteiger partial charge in [0.25, 0.3) is 0 Å². The Hall–Kier alpha value is -3.10. The quantitative estimate of drug-likeness (QED) is 0.454. The molecule has 0 aliphatic rings. The van der Waals surface area contributed by atoms with E-state index in [4.69, 9.17) is 4.74 Å². The normalized spacial score (nSPS) is 11.9. The van der Waals surface area contributed by atoms with E-state index in [1.54, 1.807) is 24.3 Å². The Morgan fingerprint density at radius 2 is 2.00 bits per heavy atom. The van der Waals surface area contributed by atoms with Crippen molar-refractivity contribution in [2.75, 3.05) is 32.1 Å². The van der Waals surface area contributed by atoms with Crippen molar-refractivity contribution in [2.45, 2.75) is 19.1 Å². The molecule has 1 atom stereocenters. The molecule has 0 saturated carbocycles. The monoisotopic (exact) mass is 398 g/mol. The molecule has 0 spiro atoms. The summed E-state index contributed by atoms with van der Waals surface area (Å²) in [5.41, 5.74) is 2.74. The lowest BCUT2D eigenvalue weighted by atomic mass is 10.3. The molecule has 3 aromatic rings. The number of benzene rings is 2. The van der Waals surface area contributed by atoms with E-state index in [0.717, 1.165) is 30.5 Å². The minimum atomic E-state index is -0.614. The number of aliphatic hydroxyl groups excluding tert-OH is 1. The number of anilines is 1. The van der Waals surface area contributed by atoms with E-state index in [1.807, 2.05) is 24.5 Å². The van der Waals surface area contributed by atoms with Gasteiger partial charge in [-0.05, 0) is 49.4 Å². The molecule has 0 radical (unpaired) electrons. The van der Waals surface area contributed by atoms with Crippen LogP contribution in [0.15, 0.2) is 54.9 Å². The molecule has 1 unspecified atom stereocenters. The summed E-state index contributed by atoms with van der Waals surface area (Å²) in [6, 6.07) is 14.9.